The Labute approximate surface area is 251 Å². The molecule has 224 valence electrons. The van der Waals surface area contributed by atoms with E-state index < -0.39 is 11.7 Å². The summed E-state index contributed by atoms with van der Waals surface area (Å²) in [4.78, 5) is 29.5. The van der Waals surface area contributed by atoms with Gasteiger partial charge in [-0.25, -0.2) is 4.79 Å². The summed E-state index contributed by atoms with van der Waals surface area (Å²) in [6.45, 7) is 5.61. The summed E-state index contributed by atoms with van der Waals surface area (Å²) in [5.74, 6) is 0.468. The summed E-state index contributed by atoms with van der Waals surface area (Å²) < 4.78 is 6.48. The molecule has 1 spiro atoms. The first-order chi connectivity index (χ1) is 20.3. The molecule has 4 atom stereocenters. The van der Waals surface area contributed by atoms with Crippen LogP contribution in [0.2, 0.25) is 0 Å². The molecular weight excluding hydrogens is 522 g/mol. The van der Waals surface area contributed by atoms with Crippen LogP contribution >= 0.6 is 0 Å². The minimum Gasteiger partial charge on any atom is -0.440 e. The fourth-order valence-corrected chi connectivity index (χ4v) is 8.51. The minimum atomic E-state index is -0.595. The standard InChI is InChI=1S/C37H47NO4/c1-26-10-9-20-36(2)33(19-21-37(36)25-38(35(41)42-37)24-27-11-5-3-6-12-27)31-18-16-28(22-30(39)17-15-26)23-32(31)34(40)29-13-7-4-8-14-29/h3,5-6,10-12,16,18,23,29-30,33,39H,4,7-9,13-15,17,19-22,24-25H2,1-2H3. The summed E-state index contributed by atoms with van der Waals surface area (Å²) in [6.07, 6.45) is 12.6. The second-order valence-electron chi connectivity index (χ2n) is 13.8. The van der Waals surface area contributed by atoms with E-state index in [-0.39, 0.29) is 29.1 Å². The van der Waals surface area contributed by atoms with E-state index in [9.17, 15) is 14.7 Å². The molecule has 4 aliphatic carbocycles. The number of aliphatic hydroxyl groups is 1. The maximum atomic E-state index is 14.2. The first-order valence-electron chi connectivity index (χ1n) is 16.3. The van der Waals surface area contributed by atoms with Crippen LogP contribution in [-0.2, 0) is 17.7 Å². The number of ketones is 1. The number of hydrogen-bond donors (Lipinski definition) is 1. The van der Waals surface area contributed by atoms with Crippen molar-refractivity contribution in [3.05, 3.63) is 82.4 Å². The summed E-state index contributed by atoms with van der Waals surface area (Å²) in [6, 6.07) is 16.6. The zero-order valence-electron chi connectivity index (χ0n) is 25.4. The Balaban J connectivity index is 1.40. The normalized spacial score (nSPS) is 30.6. The largest absolute Gasteiger partial charge is 0.440 e. The van der Waals surface area contributed by atoms with Gasteiger partial charge < -0.3 is 9.84 Å². The van der Waals surface area contributed by atoms with Gasteiger partial charge in [-0.05, 0) is 93.4 Å². The zero-order valence-corrected chi connectivity index (χ0v) is 25.4. The molecule has 1 aliphatic heterocycles. The fraction of sp³-hybridized carbons (Fsp3) is 0.568. The highest BCUT2D eigenvalue weighted by atomic mass is 16.6. The number of carbonyl (C=O) groups excluding carboxylic acids is 2. The minimum absolute atomic E-state index is 0.0782. The number of carbonyl (C=O) groups is 2. The summed E-state index contributed by atoms with van der Waals surface area (Å²) in [5, 5.41) is 10.9. The monoisotopic (exact) mass is 569 g/mol. The number of benzene rings is 2. The number of aliphatic hydroxyl groups excluding tert-OH is 1. The van der Waals surface area contributed by atoms with Gasteiger partial charge in [0.05, 0.1) is 12.6 Å². The van der Waals surface area contributed by atoms with Crippen LogP contribution in [0.4, 0.5) is 4.79 Å². The van der Waals surface area contributed by atoms with Crippen molar-refractivity contribution in [3.8, 4) is 0 Å². The van der Waals surface area contributed by atoms with Gasteiger partial charge in [0.1, 0.15) is 5.60 Å². The SMILES string of the molecule is CC1=CCCC2(C)C(CCC23CN(Cc2ccccc2)C(=O)O3)c2ccc(cc2C(=O)C2CCCCC2)CC(O)CC1. The maximum absolute atomic E-state index is 14.2. The van der Waals surface area contributed by atoms with Crippen LogP contribution in [0.5, 0.6) is 0 Å². The molecule has 2 saturated carbocycles. The highest BCUT2D eigenvalue weighted by Gasteiger charge is 2.64. The second kappa shape index (κ2) is 12.0. The van der Waals surface area contributed by atoms with Gasteiger partial charge in [-0.15, -0.1) is 0 Å². The van der Waals surface area contributed by atoms with Crippen molar-refractivity contribution < 1.29 is 19.4 Å². The smallest absolute Gasteiger partial charge is 0.410 e. The molecule has 5 heteroatoms. The number of nitrogens with zero attached hydrogens (tertiary/aromatic N) is 1. The third-order valence-electron chi connectivity index (χ3n) is 11.1. The second-order valence-corrected chi connectivity index (χ2v) is 13.8. The third kappa shape index (κ3) is 5.57. The van der Waals surface area contributed by atoms with E-state index in [1.807, 2.05) is 23.1 Å². The van der Waals surface area contributed by atoms with Crippen molar-refractivity contribution in [1.29, 1.82) is 0 Å². The van der Waals surface area contributed by atoms with Gasteiger partial charge in [0.2, 0.25) is 0 Å². The van der Waals surface area contributed by atoms with E-state index in [0.717, 1.165) is 80.0 Å². The van der Waals surface area contributed by atoms with Crippen LogP contribution in [-0.4, -0.2) is 40.1 Å². The molecule has 3 fully saturated rings. The van der Waals surface area contributed by atoms with E-state index in [0.29, 0.717) is 25.9 Å². The Morgan fingerprint density at radius 2 is 1.81 bits per heavy atom. The van der Waals surface area contributed by atoms with Crippen molar-refractivity contribution in [2.24, 2.45) is 11.3 Å². The highest BCUT2D eigenvalue weighted by molar-refractivity contribution is 5.99. The predicted molar refractivity (Wildman–Crippen MR) is 165 cm³/mol. The van der Waals surface area contributed by atoms with Gasteiger partial charge in [-0.1, -0.05) is 80.3 Å². The van der Waals surface area contributed by atoms with Gasteiger partial charge in [0, 0.05) is 23.4 Å². The van der Waals surface area contributed by atoms with E-state index in [2.05, 4.69) is 50.3 Å². The first-order valence-corrected chi connectivity index (χ1v) is 16.3. The van der Waals surface area contributed by atoms with Crippen molar-refractivity contribution in [2.45, 2.75) is 115 Å². The Morgan fingerprint density at radius 1 is 1.02 bits per heavy atom. The molecule has 1 amide bonds. The molecule has 0 aromatic heterocycles. The van der Waals surface area contributed by atoms with E-state index in [1.165, 1.54) is 12.0 Å². The molecule has 4 unspecified atom stereocenters. The molecule has 1 N–H and O–H groups in total. The molecule has 1 saturated heterocycles. The van der Waals surface area contributed by atoms with Crippen LogP contribution in [0.3, 0.4) is 0 Å². The lowest BCUT2D eigenvalue weighted by Gasteiger charge is -2.43. The van der Waals surface area contributed by atoms with Crippen molar-refractivity contribution in [2.75, 3.05) is 6.54 Å². The van der Waals surface area contributed by atoms with Crippen molar-refractivity contribution >= 4 is 11.9 Å². The van der Waals surface area contributed by atoms with E-state index >= 15 is 0 Å². The van der Waals surface area contributed by atoms with Crippen LogP contribution < -0.4 is 0 Å². The van der Waals surface area contributed by atoms with E-state index in [1.54, 1.807) is 0 Å². The van der Waals surface area contributed by atoms with Gasteiger partial charge in [0.15, 0.2) is 5.78 Å². The first kappa shape index (κ1) is 29.2. The average molecular weight is 570 g/mol. The van der Waals surface area contributed by atoms with Gasteiger partial charge >= 0.3 is 6.09 Å². The number of hydrogen-bond acceptors (Lipinski definition) is 4. The van der Waals surface area contributed by atoms with Gasteiger partial charge in [0.25, 0.3) is 0 Å². The van der Waals surface area contributed by atoms with Crippen molar-refractivity contribution in [1.82, 2.24) is 4.90 Å². The lowest BCUT2D eigenvalue weighted by molar-refractivity contribution is -0.0373. The van der Waals surface area contributed by atoms with Crippen LogP contribution in [0.1, 0.15) is 117 Å². The molecular formula is C37H47NO4. The fourth-order valence-electron chi connectivity index (χ4n) is 8.51. The highest BCUT2D eigenvalue weighted by Crippen LogP contribution is 2.62. The molecule has 2 aromatic carbocycles. The molecule has 2 bridgehead atoms. The molecule has 5 nitrogen and oxygen atoms in total. The molecule has 5 aliphatic rings. The van der Waals surface area contributed by atoms with Gasteiger partial charge in [-0.2, -0.15) is 0 Å². The molecule has 42 heavy (non-hydrogen) atoms. The zero-order chi connectivity index (χ0) is 29.3. The summed E-state index contributed by atoms with van der Waals surface area (Å²) in [5.41, 5.74) is 4.51. The number of Topliss-reactive ketones (excluding diaryl/α,β-unsaturated/α-hetero) is 1. The Hall–Kier alpha value is -2.92. The predicted octanol–water partition coefficient (Wildman–Crippen LogP) is 8.15. The number of fused-ring (bicyclic) bond motifs is 8. The quantitative estimate of drug-likeness (QED) is 0.298. The number of amides is 1. The molecule has 2 aromatic rings. The molecule has 0 radical (unpaired) electrons. The van der Waals surface area contributed by atoms with Crippen LogP contribution in [0.15, 0.2) is 60.2 Å². The lowest BCUT2D eigenvalue weighted by Crippen LogP contribution is -2.48. The average Bonchev–Trinajstić information content (AvgIpc) is 3.46. The summed E-state index contributed by atoms with van der Waals surface area (Å²) in [7, 11) is 0. The number of allylic oxidation sites excluding steroid dienone is 2. The molecule has 1 heterocycles. The number of ether oxygens (including phenoxy) is 1. The number of rotatable bonds is 4. The van der Waals surface area contributed by atoms with Crippen LogP contribution in [0.25, 0.3) is 0 Å². The van der Waals surface area contributed by atoms with Crippen LogP contribution in [0, 0.1) is 11.3 Å². The Kier molecular flexibility index (Phi) is 8.33. The van der Waals surface area contributed by atoms with Crippen molar-refractivity contribution in [3.63, 3.8) is 0 Å². The molecule has 7 rings (SSSR count). The topological polar surface area (TPSA) is 66.8 Å². The Bertz CT molecular complexity index is 1330. The van der Waals surface area contributed by atoms with Gasteiger partial charge in [-0.3, -0.25) is 9.69 Å². The Morgan fingerprint density at radius 3 is 2.60 bits per heavy atom. The third-order valence-corrected chi connectivity index (χ3v) is 11.1. The lowest BCUT2D eigenvalue weighted by atomic mass is 9.64. The van der Waals surface area contributed by atoms with E-state index in [4.69, 9.17) is 4.74 Å². The maximum Gasteiger partial charge on any atom is 0.410 e. The summed E-state index contributed by atoms with van der Waals surface area (Å²) >= 11 is 0.